The summed E-state index contributed by atoms with van der Waals surface area (Å²) < 4.78 is 32.7. The van der Waals surface area contributed by atoms with Crippen LogP contribution < -0.4 is 9.46 Å². The van der Waals surface area contributed by atoms with Gasteiger partial charge in [0.2, 0.25) is 0 Å². The number of methoxy groups -OCH3 is 1. The molecule has 0 aliphatic rings. The van der Waals surface area contributed by atoms with Crippen molar-refractivity contribution in [2.75, 3.05) is 11.8 Å². The Morgan fingerprint density at radius 1 is 1.10 bits per heavy atom. The maximum absolute atomic E-state index is 12.5. The molecule has 0 saturated carbocycles. The second-order valence-electron chi connectivity index (χ2n) is 4.63. The Kier molecular flexibility index (Phi) is 4.44. The van der Waals surface area contributed by atoms with Crippen molar-refractivity contribution in [2.24, 2.45) is 0 Å². The summed E-state index contributed by atoms with van der Waals surface area (Å²) in [5.41, 5.74) is 1.88. The van der Waals surface area contributed by atoms with E-state index in [0.717, 1.165) is 5.56 Å². The topological polar surface area (TPSA) is 55.4 Å². The Morgan fingerprint density at radius 3 is 2.43 bits per heavy atom. The molecule has 1 N–H and O–H groups in total. The molecule has 21 heavy (non-hydrogen) atoms. The van der Waals surface area contributed by atoms with Crippen LogP contribution in [0.25, 0.3) is 0 Å². The van der Waals surface area contributed by atoms with Crippen molar-refractivity contribution in [1.29, 1.82) is 0 Å². The number of halogens is 1. The molecule has 4 nitrogen and oxygen atoms in total. The fourth-order valence-electron chi connectivity index (χ4n) is 2.05. The zero-order valence-corrected chi connectivity index (χ0v) is 13.5. The van der Waals surface area contributed by atoms with E-state index in [1.165, 1.54) is 6.07 Å². The van der Waals surface area contributed by atoms with Crippen LogP contribution in [0.3, 0.4) is 0 Å². The van der Waals surface area contributed by atoms with Gasteiger partial charge in [0, 0.05) is 5.02 Å². The van der Waals surface area contributed by atoms with Crippen LogP contribution in [0, 0.1) is 13.8 Å². The molecule has 0 radical (unpaired) electrons. The van der Waals surface area contributed by atoms with Crippen molar-refractivity contribution >= 4 is 27.3 Å². The highest BCUT2D eigenvalue weighted by molar-refractivity contribution is 7.92. The highest BCUT2D eigenvalue weighted by Gasteiger charge is 2.19. The summed E-state index contributed by atoms with van der Waals surface area (Å²) in [5, 5.41) is 0.470. The van der Waals surface area contributed by atoms with Gasteiger partial charge >= 0.3 is 0 Å². The number of hydrogen-bond acceptors (Lipinski definition) is 3. The molecule has 0 amide bonds. The van der Waals surface area contributed by atoms with Gasteiger partial charge in [-0.1, -0.05) is 17.7 Å². The number of nitrogens with one attached hydrogen (secondary N) is 1. The molecule has 0 unspecified atom stereocenters. The number of sulfonamides is 1. The Balaban J connectivity index is 2.43. The maximum atomic E-state index is 12.5. The van der Waals surface area contributed by atoms with E-state index >= 15 is 0 Å². The smallest absolute Gasteiger partial charge is 0.262 e. The van der Waals surface area contributed by atoms with Crippen LogP contribution in [0.1, 0.15) is 11.1 Å². The minimum atomic E-state index is -3.67. The third-order valence-corrected chi connectivity index (χ3v) is 5.03. The fourth-order valence-corrected chi connectivity index (χ4v) is 3.59. The van der Waals surface area contributed by atoms with Gasteiger partial charge in [0.15, 0.2) is 0 Å². The summed E-state index contributed by atoms with van der Waals surface area (Å²) in [5.74, 6) is 0.661. The Morgan fingerprint density at radius 2 is 1.81 bits per heavy atom. The minimum Gasteiger partial charge on any atom is -0.496 e. The molecule has 112 valence electrons. The van der Waals surface area contributed by atoms with Crippen LogP contribution in [0.4, 0.5) is 5.69 Å². The van der Waals surface area contributed by atoms with Crippen LogP contribution in [0.15, 0.2) is 41.3 Å². The first-order valence-corrected chi connectivity index (χ1v) is 8.14. The molecule has 0 heterocycles. The fraction of sp³-hybridized carbons (Fsp3) is 0.200. The molecule has 2 rings (SSSR count). The van der Waals surface area contributed by atoms with Gasteiger partial charge < -0.3 is 4.74 Å². The van der Waals surface area contributed by atoms with Crippen molar-refractivity contribution in [3.05, 3.63) is 52.5 Å². The Hall–Kier alpha value is -1.72. The SMILES string of the molecule is COc1ccc(S(=O)(=O)Nc2cccc(Cl)c2)c(C)c1C. The van der Waals surface area contributed by atoms with Crippen LogP contribution >= 0.6 is 11.6 Å². The monoisotopic (exact) mass is 325 g/mol. The zero-order valence-electron chi connectivity index (χ0n) is 12.0. The van der Waals surface area contributed by atoms with E-state index < -0.39 is 10.0 Å². The van der Waals surface area contributed by atoms with Gasteiger partial charge in [0.05, 0.1) is 17.7 Å². The molecule has 2 aromatic rings. The molecule has 0 atom stereocenters. The van der Waals surface area contributed by atoms with E-state index in [1.807, 2.05) is 6.92 Å². The van der Waals surface area contributed by atoms with E-state index in [1.54, 1.807) is 44.4 Å². The average molecular weight is 326 g/mol. The van der Waals surface area contributed by atoms with Gasteiger partial charge in [-0.2, -0.15) is 0 Å². The molecule has 0 saturated heterocycles. The second kappa shape index (κ2) is 5.95. The van der Waals surface area contributed by atoms with Gasteiger partial charge in [0.25, 0.3) is 10.0 Å². The van der Waals surface area contributed by atoms with Crippen LogP contribution in [0.5, 0.6) is 5.75 Å². The largest absolute Gasteiger partial charge is 0.496 e. The van der Waals surface area contributed by atoms with E-state index in [4.69, 9.17) is 16.3 Å². The van der Waals surface area contributed by atoms with Crippen molar-refractivity contribution in [3.63, 3.8) is 0 Å². The standard InChI is InChI=1S/C15H16ClNO3S/c1-10-11(2)15(8-7-14(10)20-3)21(18,19)17-13-6-4-5-12(16)9-13/h4-9,17H,1-3H3. The lowest BCUT2D eigenvalue weighted by molar-refractivity contribution is 0.411. The highest BCUT2D eigenvalue weighted by atomic mass is 35.5. The minimum absolute atomic E-state index is 0.223. The quantitative estimate of drug-likeness (QED) is 0.931. The molecule has 0 aromatic heterocycles. The summed E-state index contributed by atoms with van der Waals surface area (Å²) in [6.45, 7) is 3.58. The first-order valence-electron chi connectivity index (χ1n) is 6.27. The molecule has 0 aliphatic carbocycles. The summed E-state index contributed by atoms with van der Waals surface area (Å²) >= 11 is 5.86. The van der Waals surface area contributed by atoms with Crippen LogP contribution in [0.2, 0.25) is 5.02 Å². The third-order valence-electron chi connectivity index (χ3n) is 3.27. The van der Waals surface area contributed by atoms with E-state index in [9.17, 15) is 8.42 Å². The number of ether oxygens (including phenoxy) is 1. The lowest BCUT2D eigenvalue weighted by Gasteiger charge is -2.14. The van der Waals surface area contributed by atoms with Crippen molar-refractivity contribution < 1.29 is 13.2 Å². The number of rotatable bonds is 4. The predicted molar refractivity (Wildman–Crippen MR) is 84.7 cm³/mol. The number of anilines is 1. The van der Waals surface area contributed by atoms with Gasteiger partial charge in [-0.3, -0.25) is 4.72 Å². The zero-order chi connectivity index (χ0) is 15.6. The summed E-state index contributed by atoms with van der Waals surface area (Å²) in [6, 6.07) is 9.76. The first-order chi connectivity index (χ1) is 9.85. The number of hydrogen-bond donors (Lipinski definition) is 1. The number of benzene rings is 2. The molecular formula is C15H16ClNO3S. The average Bonchev–Trinajstić information content (AvgIpc) is 2.41. The molecule has 2 aromatic carbocycles. The third kappa shape index (κ3) is 3.31. The van der Waals surface area contributed by atoms with Crippen molar-refractivity contribution in [2.45, 2.75) is 18.7 Å². The van der Waals surface area contributed by atoms with Gasteiger partial charge in [-0.05, 0) is 55.3 Å². The van der Waals surface area contributed by atoms with E-state index in [2.05, 4.69) is 4.72 Å². The van der Waals surface area contributed by atoms with Crippen molar-refractivity contribution in [1.82, 2.24) is 0 Å². The van der Waals surface area contributed by atoms with Gasteiger partial charge in [0.1, 0.15) is 5.75 Å². The normalized spacial score (nSPS) is 11.2. The molecular weight excluding hydrogens is 310 g/mol. The lowest BCUT2D eigenvalue weighted by atomic mass is 10.1. The Bertz CT molecular complexity index is 772. The molecule has 0 fully saturated rings. The molecule has 6 heteroatoms. The molecule has 0 bridgehead atoms. The first kappa shape index (κ1) is 15.7. The maximum Gasteiger partial charge on any atom is 0.262 e. The predicted octanol–water partition coefficient (Wildman–Crippen LogP) is 3.77. The van der Waals surface area contributed by atoms with E-state index in [-0.39, 0.29) is 4.90 Å². The van der Waals surface area contributed by atoms with Crippen molar-refractivity contribution in [3.8, 4) is 5.75 Å². The Labute approximate surface area is 129 Å². The molecule has 0 aliphatic heterocycles. The highest BCUT2D eigenvalue weighted by Crippen LogP contribution is 2.28. The van der Waals surface area contributed by atoms with Crippen LogP contribution in [-0.2, 0) is 10.0 Å². The second-order valence-corrected chi connectivity index (χ2v) is 6.72. The van der Waals surface area contributed by atoms with E-state index in [0.29, 0.717) is 22.0 Å². The summed E-state index contributed by atoms with van der Waals surface area (Å²) in [6.07, 6.45) is 0. The van der Waals surface area contributed by atoms with Gasteiger partial charge in [-0.15, -0.1) is 0 Å². The lowest BCUT2D eigenvalue weighted by Crippen LogP contribution is -2.15. The van der Waals surface area contributed by atoms with Gasteiger partial charge in [-0.25, -0.2) is 8.42 Å². The molecule has 0 spiro atoms. The van der Waals surface area contributed by atoms with Crippen LogP contribution in [-0.4, -0.2) is 15.5 Å². The summed E-state index contributed by atoms with van der Waals surface area (Å²) in [4.78, 5) is 0.223. The summed E-state index contributed by atoms with van der Waals surface area (Å²) in [7, 11) is -2.12.